The smallest absolute Gasteiger partial charge is 0.220 e. The second-order valence-electron chi connectivity index (χ2n) is 25.0. The van der Waals surface area contributed by atoms with Crippen molar-refractivity contribution in [1.82, 2.24) is 5.32 Å². The molecule has 486 valence electrons. The van der Waals surface area contributed by atoms with Crippen molar-refractivity contribution >= 4 is 5.91 Å². The van der Waals surface area contributed by atoms with Crippen LogP contribution in [0.4, 0.5) is 0 Å². The van der Waals surface area contributed by atoms with Crippen molar-refractivity contribution in [3.63, 3.8) is 0 Å². The fraction of sp³-hybridized carbons (Fsp3) is 0.851. The van der Waals surface area contributed by atoms with E-state index in [0.29, 0.717) is 6.42 Å². The van der Waals surface area contributed by atoms with E-state index >= 15 is 0 Å². The highest BCUT2D eigenvalue weighted by Crippen LogP contribution is 2.23. The van der Waals surface area contributed by atoms with Gasteiger partial charge in [0.25, 0.3) is 0 Å². The summed E-state index contributed by atoms with van der Waals surface area (Å²) in [5.74, 6) is -0.183. The molecule has 83 heavy (non-hydrogen) atoms. The lowest BCUT2D eigenvalue weighted by Gasteiger charge is -2.40. The van der Waals surface area contributed by atoms with Crippen LogP contribution in [0, 0.1) is 0 Å². The predicted molar refractivity (Wildman–Crippen MR) is 355 cm³/mol. The van der Waals surface area contributed by atoms with Gasteiger partial charge in [-0.25, -0.2) is 0 Å². The molecule has 0 radical (unpaired) electrons. The van der Waals surface area contributed by atoms with Gasteiger partial charge >= 0.3 is 0 Å². The highest BCUT2D eigenvalue weighted by molar-refractivity contribution is 5.76. The summed E-state index contributed by atoms with van der Waals surface area (Å²) in [5, 5.41) is 54.8. The molecule has 1 heterocycles. The molecular formula is C74H137NO8. The molecule has 1 amide bonds. The van der Waals surface area contributed by atoms with Crippen molar-refractivity contribution in [3.8, 4) is 0 Å². The molecule has 7 unspecified atom stereocenters. The summed E-state index contributed by atoms with van der Waals surface area (Å²) in [5.41, 5.74) is 0. The lowest BCUT2D eigenvalue weighted by molar-refractivity contribution is -0.302. The highest BCUT2D eigenvalue weighted by atomic mass is 16.7. The zero-order chi connectivity index (χ0) is 60.0. The lowest BCUT2D eigenvalue weighted by Crippen LogP contribution is -2.60. The van der Waals surface area contributed by atoms with Gasteiger partial charge in [0.05, 0.1) is 25.4 Å². The first-order valence-corrected chi connectivity index (χ1v) is 36.0. The number of rotatable bonds is 63. The summed E-state index contributed by atoms with van der Waals surface area (Å²) in [6.45, 7) is 3.80. The maximum atomic E-state index is 13.1. The largest absolute Gasteiger partial charge is 0.394 e. The lowest BCUT2D eigenvalue weighted by atomic mass is 9.99. The molecule has 0 spiro atoms. The zero-order valence-electron chi connectivity index (χ0n) is 54.5. The van der Waals surface area contributed by atoms with Crippen LogP contribution in [0.5, 0.6) is 0 Å². The van der Waals surface area contributed by atoms with E-state index in [1.54, 1.807) is 6.08 Å². The van der Waals surface area contributed by atoms with Gasteiger partial charge < -0.3 is 40.3 Å². The fourth-order valence-electron chi connectivity index (χ4n) is 11.4. The molecule has 9 heteroatoms. The minimum atomic E-state index is -1.57. The molecule has 1 aliphatic heterocycles. The first-order chi connectivity index (χ1) is 40.8. The molecule has 6 N–H and O–H groups in total. The number of aliphatic hydroxyl groups excluding tert-OH is 5. The predicted octanol–water partition coefficient (Wildman–Crippen LogP) is 19.8. The molecule has 1 aliphatic rings. The fourth-order valence-corrected chi connectivity index (χ4v) is 11.4. The van der Waals surface area contributed by atoms with E-state index in [2.05, 4.69) is 67.8 Å². The first-order valence-electron chi connectivity index (χ1n) is 36.0. The van der Waals surface area contributed by atoms with Gasteiger partial charge in [-0.3, -0.25) is 4.79 Å². The standard InChI is InChI=1S/C74H137NO8/c1-3-5-7-9-11-13-15-17-19-21-23-25-27-29-31-33-34-36-38-40-42-44-46-48-50-52-54-56-58-60-62-64-70(78)75-67(66-82-74-73(81)72(80)71(79)69(65-76)83-74)68(77)63-61-59-57-55-53-51-49-47-45-43-41-39-37-35-32-30-28-26-24-22-20-18-16-14-12-10-8-6-4-2/h15,17,21,23,27,29,53,55,61,63,67-69,71-74,76-77,79-81H,3-14,16,18-20,22,24-26,28,30-52,54,56-60,62,64-66H2,1-2H3,(H,75,78)/b17-15-,23-21-,29-27-,55-53+,63-61+. The number of amides is 1. The number of ether oxygens (including phenoxy) is 2. The van der Waals surface area contributed by atoms with Gasteiger partial charge in [-0.2, -0.15) is 0 Å². The Kier molecular flexibility index (Phi) is 59.8. The molecule has 0 saturated carbocycles. The summed E-state index contributed by atoms with van der Waals surface area (Å²) in [7, 11) is 0. The van der Waals surface area contributed by atoms with Crippen LogP contribution in [-0.4, -0.2) is 87.5 Å². The maximum absolute atomic E-state index is 13.1. The van der Waals surface area contributed by atoms with Crippen molar-refractivity contribution in [2.45, 2.75) is 391 Å². The molecule has 0 aromatic heterocycles. The van der Waals surface area contributed by atoms with E-state index in [1.807, 2.05) is 6.08 Å². The molecule has 1 rings (SSSR count). The van der Waals surface area contributed by atoms with Gasteiger partial charge in [0.15, 0.2) is 6.29 Å². The van der Waals surface area contributed by atoms with Gasteiger partial charge in [0, 0.05) is 6.42 Å². The summed E-state index contributed by atoms with van der Waals surface area (Å²) in [4.78, 5) is 13.1. The minimum Gasteiger partial charge on any atom is -0.394 e. The van der Waals surface area contributed by atoms with Gasteiger partial charge in [-0.05, 0) is 70.6 Å². The van der Waals surface area contributed by atoms with E-state index in [0.717, 1.165) is 51.4 Å². The average molecular weight is 1170 g/mol. The van der Waals surface area contributed by atoms with Crippen LogP contribution in [-0.2, 0) is 14.3 Å². The van der Waals surface area contributed by atoms with E-state index in [4.69, 9.17) is 9.47 Å². The topological polar surface area (TPSA) is 149 Å². The number of hydrogen-bond donors (Lipinski definition) is 6. The number of allylic oxidation sites excluding steroid dienone is 9. The van der Waals surface area contributed by atoms with Crippen molar-refractivity contribution in [3.05, 3.63) is 60.8 Å². The van der Waals surface area contributed by atoms with Crippen molar-refractivity contribution < 1.29 is 39.8 Å². The van der Waals surface area contributed by atoms with Crippen molar-refractivity contribution in [1.29, 1.82) is 0 Å². The van der Waals surface area contributed by atoms with Crippen molar-refractivity contribution in [2.24, 2.45) is 0 Å². The van der Waals surface area contributed by atoms with Crippen LogP contribution in [0.3, 0.4) is 0 Å². The second kappa shape index (κ2) is 62.9. The van der Waals surface area contributed by atoms with Gasteiger partial charge in [-0.15, -0.1) is 0 Å². The Balaban J connectivity index is 2.14. The maximum Gasteiger partial charge on any atom is 0.220 e. The Morgan fingerprint density at radius 1 is 0.410 bits per heavy atom. The molecule has 1 saturated heterocycles. The molecule has 9 nitrogen and oxygen atoms in total. The van der Waals surface area contributed by atoms with Crippen molar-refractivity contribution in [2.75, 3.05) is 13.2 Å². The van der Waals surface area contributed by atoms with Crippen LogP contribution < -0.4 is 5.32 Å². The minimum absolute atomic E-state index is 0.183. The zero-order valence-corrected chi connectivity index (χ0v) is 54.5. The molecule has 0 aromatic carbocycles. The Labute approximate surface area is 513 Å². The van der Waals surface area contributed by atoms with Crippen LogP contribution >= 0.6 is 0 Å². The summed E-state index contributed by atoms with van der Waals surface area (Å²) in [6, 6.07) is -0.825. The quantitative estimate of drug-likeness (QED) is 0.0261. The van der Waals surface area contributed by atoms with E-state index in [-0.39, 0.29) is 12.5 Å². The summed E-state index contributed by atoms with van der Waals surface area (Å²) >= 11 is 0. The van der Waals surface area contributed by atoms with E-state index < -0.39 is 49.5 Å². The van der Waals surface area contributed by atoms with Crippen LogP contribution in [0.2, 0.25) is 0 Å². The first kappa shape index (κ1) is 78.9. The third kappa shape index (κ3) is 51.6. The van der Waals surface area contributed by atoms with Gasteiger partial charge in [-0.1, -0.05) is 331 Å². The van der Waals surface area contributed by atoms with Crippen LogP contribution in [0.25, 0.3) is 0 Å². The molecule has 1 fully saturated rings. The van der Waals surface area contributed by atoms with Crippen LogP contribution in [0.15, 0.2) is 60.8 Å². The third-order valence-electron chi connectivity index (χ3n) is 17.1. The average Bonchev–Trinajstić information content (AvgIpc) is 3.61. The van der Waals surface area contributed by atoms with E-state index in [9.17, 15) is 30.3 Å². The number of carbonyl (C=O) groups is 1. The highest BCUT2D eigenvalue weighted by Gasteiger charge is 2.44. The summed E-state index contributed by atoms with van der Waals surface area (Å²) in [6.07, 6.45) is 80.5. The molecule has 0 aliphatic carbocycles. The molecule has 7 atom stereocenters. The number of unbranched alkanes of at least 4 members (excludes halogenated alkanes) is 45. The molecular weight excluding hydrogens is 1030 g/mol. The third-order valence-corrected chi connectivity index (χ3v) is 17.1. The Morgan fingerprint density at radius 3 is 1.10 bits per heavy atom. The Hall–Kier alpha value is -2.11. The Morgan fingerprint density at radius 2 is 0.723 bits per heavy atom. The Bertz CT molecular complexity index is 1500. The molecule has 0 aromatic rings. The second-order valence-corrected chi connectivity index (χ2v) is 25.0. The number of nitrogens with one attached hydrogen (secondary N) is 1. The normalized spacial score (nSPS) is 18.6. The van der Waals surface area contributed by atoms with Gasteiger partial charge in [0.2, 0.25) is 5.91 Å². The SMILES string of the molecule is CCCCCCC/C=C\C/C=C\C/C=C\CCCCCCCCCCCCCCCCCCC(=O)NC(COC1OC(CO)C(O)C(O)C1O)C(O)/C=C/CC/C=C/CCCCCCCCCCCCCCCCCCCCCCCCC. The van der Waals surface area contributed by atoms with Crippen LogP contribution in [0.1, 0.15) is 348 Å². The monoisotopic (exact) mass is 1170 g/mol. The molecule has 0 bridgehead atoms. The van der Waals surface area contributed by atoms with Gasteiger partial charge in [0.1, 0.15) is 24.4 Å². The van der Waals surface area contributed by atoms with E-state index in [1.165, 1.54) is 276 Å². The number of hydrogen-bond acceptors (Lipinski definition) is 8. The number of aliphatic hydroxyl groups is 5. The summed E-state index contributed by atoms with van der Waals surface area (Å²) < 4.78 is 11.3. The number of carbonyl (C=O) groups excluding carboxylic acids is 1.